The molecule has 1 unspecified atom stereocenters. The Morgan fingerprint density at radius 3 is 2.56 bits per heavy atom. The molecule has 3 N–H and O–H groups in total. The molecule has 0 bridgehead atoms. The van der Waals surface area contributed by atoms with E-state index in [0.29, 0.717) is 12.0 Å². The molecule has 2 aliphatic rings. The van der Waals surface area contributed by atoms with Gasteiger partial charge in [-0.25, -0.2) is 0 Å². The van der Waals surface area contributed by atoms with Gasteiger partial charge >= 0.3 is 0 Å². The van der Waals surface area contributed by atoms with E-state index in [9.17, 15) is 0 Å². The average Bonchev–Trinajstić information content (AvgIpc) is 3.06. The summed E-state index contributed by atoms with van der Waals surface area (Å²) >= 11 is 0. The highest BCUT2D eigenvalue weighted by Gasteiger charge is 2.28. The van der Waals surface area contributed by atoms with Crippen LogP contribution in [0, 0.1) is 5.92 Å². The molecule has 0 aromatic rings. The number of hydrogen-bond donors (Lipinski definition) is 2. The zero-order chi connectivity index (χ0) is 12.3. The fourth-order valence-corrected chi connectivity index (χ4v) is 2.20. The van der Waals surface area contributed by atoms with E-state index in [1.807, 2.05) is 0 Å². The molecule has 0 amide bonds. The van der Waals surface area contributed by atoms with Gasteiger partial charge in [0.25, 0.3) is 0 Å². The average molecular weight is 366 g/mol. The molecule has 1 atom stereocenters. The minimum atomic E-state index is 0. The van der Waals surface area contributed by atoms with Crippen molar-refractivity contribution in [1.29, 1.82) is 0 Å². The number of guanidine groups is 1. The summed E-state index contributed by atoms with van der Waals surface area (Å²) in [6.07, 6.45) is 6.77. The van der Waals surface area contributed by atoms with E-state index in [2.05, 4.69) is 29.2 Å². The normalized spacial score (nSPS) is 22.3. The van der Waals surface area contributed by atoms with Crippen molar-refractivity contribution in [3.05, 3.63) is 0 Å². The van der Waals surface area contributed by atoms with E-state index in [1.54, 1.807) is 0 Å². The predicted octanol–water partition coefficient (Wildman–Crippen LogP) is 1.79. The van der Waals surface area contributed by atoms with Crippen molar-refractivity contribution >= 4 is 29.9 Å². The van der Waals surface area contributed by atoms with Gasteiger partial charge in [-0.05, 0) is 45.6 Å². The van der Waals surface area contributed by atoms with Crippen LogP contribution in [0.5, 0.6) is 0 Å². The largest absolute Gasteiger partial charge is 0.370 e. The van der Waals surface area contributed by atoms with Crippen LogP contribution in [0.3, 0.4) is 0 Å². The van der Waals surface area contributed by atoms with Crippen LogP contribution in [-0.2, 0) is 0 Å². The van der Waals surface area contributed by atoms with Gasteiger partial charge in [-0.2, -0.15) is 0 Å². The van der Waals surface area contributed by atoms with Crippen molar-refractivity contribution < 1.29 is 0 Å². The van der Waals surface area contributed by atoms with Crippen molar-refractivity contribution in [1.82, 2.24) is 10.2 Å². The maximum absolute atomic E-state index is 5.86. The fourth-order valence-electron chi connectivity index (χ4n) is 2.20. The van der Waals surface area contributed by atoms with Crippen molar-refractivity contribution in [3.8, 4) is 0 Å². The highest BCUT2D eigenvalue weighted by molar-refractivity contribution is 14.0. The first-order valence-electron chi connectivity index (χ1n) is 6.92. The molecule has 0 spiro atoms. The third-order valence-electron chi connectivity index (χ3n) is 4.14. The SMILES string of the molecule is CC(CN=C(N)NCC1CCC1)N(C)C1CC1.I. The first-order chi connectivity index (χ1) is 8.16. The van der Waals surface area contributed by atoms with Crippen molar-refractivity contribution in [2.75, 3.05) is 20.1 Å². The van der Waals surface area contributed by atoms with Crippen LogP contribution in [0.1, 0.15) is 39.0 Å². The molecule has 0 heterocycles. The Balaban J connectivity index is 0.00000162. The minimum absolute atomic E-state index is 0. The summed E-state index contributed by atoms with van der Waals surface area (Å²) in [5, 5.41) is 3.23. The molecule has 0 saturated heterocycles. The number of nitrogens with one attached hydrogen (secondary N) is 1. The van der Waals surface area contributed by atoms with Crippen LogP contribution in [-0.4, -0.2) is 43.1 Å². The number of likely N-dealkylation sites (N-methyl/N-ethyl adjacent to an activating group) is 1. The fraction of sp³-hybridized carbons (Fsp3) is 0.923. The Morgan fingerprint density at radius 2 is 2.06 bits per heavy atom. The standard InChI is InChI=1S/C13H26N4.HI/c1-10(17(2)12-6-7-12)8-15-13(14)16-9-11-4-3-5-11;/h10-12H,3-9H2,1-2H3,(H3,14,15,16);1H. The van der Waals surface area contributed by atoms with Crippen molar-refractivity contribution in [2.45, 2.75) is 51.1 Å². The molecule has 2 fully saturated rings. The number of rotatable bonds is 6. The van der Waals surface area contributed by atoms with E-state index in [1.165, 1.54) is 32.1 Å². The summed E-state index contributed by atoms with van der Waals surface area (Å²) < 4.78 is 0. The van der Waals surface area contributed by atoms with Gasteiger partial charge in [-0.3, -0.25) is 9.89 Å². The molecule has 2 rings (SSSR count). The summed E-state index contributed by atoms with van der Waals surface area (Å²) in [5.74, 6) is 1.45. The zero-order valence-corrected chi connectivity index (χ0v) is 13.9. The zero-order valence-electron chi connectivity index (χ0n) is 11.6. The molecule has 0 aromatic carbocycles. The van der Waals surface area contributed by atoms with Gasteiger partial charge in [0.05, 0.1) is 6.54 Å². The second-order valence-electron chi connectivity index (χ2n) is 5.65. The van der Waals surface area contributed by atoms with E-state index in [-0.39, 0.29) is 24.0 Å². The predicted molar refractivity (Wildman–Crippen MR) is 87.5 cm³/mol. The molecular weight excluding hydrogens is 339 g/mol. The maximum Gasteiger partial charge on any atom is 0.188 e. The van der Waals surface area contributed by atoms with Crippen LogP contribution in [0.15, 0.2) is 4.99 Å². The molecule has 0 aromatic heterocycles. The Hall–Kier alpha value is -0.0400. The van der Waals surface area contributed by atoms with Crippen LogP contribution < -0.4 is 11.1 Å². The second-order valence-corrected chi connectivity index (χ2v) is 5.65. The van der Waals surface area contributed by atoms with E-state index < -0.39 is 0 Å². The molecular formula is C13H27IN4. The quantitative estimate of drug-likeness (QED) is 0.428. The van der Waals surface area contributed by atoms with E-state index in [4.69, 9.17) is 5.73 Å². The first-order valence-corrected chi connectivity index (χ1v) is 6.92. The lowest BCUT2D eigenvalue weighted by Gasteiger charge is -2.26. The van der Waals surface area contributed by atoms with Gasteiger partial charge in [0.15, 0.2) is 5.96 Å². The highest BCUT2D eigenvalue weighted by Crippen LogP contribution is 2.27. The Morgan fingerprint density at radius 1 is 1.39 bits per heavy atom. The third-order valence-corrected chi connectivity index (χ3v) is 4.14. The molecule has 0 aliphatic heterocycles. The number of aliphatic imine (C=N–C) groups is 1. The lowest BCUT2D eigenvalue weighted by atomic mass is 9.85. The number of halogens is 1. The van der Waals surface area contributed by atoms with E-state index >= 15 is 0 Å². The van der Waals surface area contributed by atoms with Crippen LogP contribution in [0.2, 0.25) is 0 Å². The molecule has 5 heteroatoms. The minimum Gasteiger partial charge on any atom is -0.370 e. The lowest BCUT2D eigenvalue weighted by molar-refractivity contribution is 0.253. The molecule has 2 aliphatic carbocycles. The summed E-state index contributed by atoms with van der Waals surface area (Å²) in [6, 6.07) is 1.29. The van der Waals surface area contributed by atoms with Crippen LogP contribution in [0.4, 0.5) is 0 Å². The summed E-state index contributed by atoms with van der Waals surface area (Å²) in [5.41, 5.74) is 5.86. The number of nitrogens with two attached hydrogens (primary N) is 1. The second kappa shape index (κ2) is 7.53. The maximum atomic E-state index is 5.86. The van der Waals surface area contributed by atoms with Gasteiger partial charge in [0, 0.05) is 18.6 Å². The molecule has 106 valence electrons. The Kier molecular flexibility index (Phi) is 6.70. The van der Waals surface area contributed by atoms with Gasteiger partial charge < -0.3 is 11.1 Å². The number of hydrogen-bond acceptors (Lipinski definition) is 2. The monoisotopic (exact) mass is 366 g/mol. The van der Waals surface area contributed by atoms with Crippen molar-refractivity contribution in [3.63, 3.8) is 0 Å². The van der Waals surface area contributed by atoms with Crippen LogP contribution >= 0.6 is 24.0 Å². The van der Waals surface area contributed by atoms with Crippen LogP contribution in [0.25, 0.3) is 0 Å². The molecule has 0 radical (unpaired) electrons. The summed E-state index contributed by atoms with van der Waals surface area (Å²) in [4.78, 5) is 6.85. The molecule has 2 saturated carbocycles. The first kappa shape index (κ1) is 16.0. The third kappa shape index (κ3) is 4.91. The number of nitrogens with zero attached hydrogens (tertiary/aromatic N) is 2. The molecule has 4 nitrogen and oxygen atoms in total. The lowest BCUT2D eigenvalue weighted by Crippen LogP contribution is -2.39. The van der Waals surface area contributed by atoms with Gasteiger partial charge in [-0.15, -0.1) is 24.0 Å². The Labute approximate surface area is 128 Å². The van der Waals surface area contributed by atoms with Gasteiger partial charge in [0.1, 0.15) is 0 Å². The van der Waals surface area contributed by atoms with E-state index in [0.717, 1.165) is 25.0 Å². The van der Waals surface area contributed by atoms with Crippen molar-refractivity contribution in [2.24, 2.45) is 16.6 Å². The smallest absolute Gasteiger partial charge is 0.188 e. The Bertz CT molecular complexity index is 274. The highest BCUT2D eigenvalue weighted by atomic mass is 127. The summed E-state index contributed by atoms with van der Waals surface area (Å²) in [7, 11) is 2.19. The van der Waals surface area contributed by atoms with Gasteiger partial charge in [0.2, 0.25) is 0 Å². The summed E-state index contributed by atoms with van der Waals surface area (Å²) in [6.45, 7) is 4.03. The topological polar surface area (TPSA) is 53.6 Å². The van der Waals surface area contributed by atoms with Gasteiger partial charge in [-0.1, -0.05) is 6.42 Å². The molecule has 18 heavy (non-hydrogen) atoms.